The third-order valence-electron chi connectivity index (χ3n) is 3.78. The highest BCUT2D eigenvalue weighted by atomic mass is 79.9. The van der Waals surface area contributed by atoms with Crippen LogP contribution in [0.25, 0.3) is 0 Å². The molecular formula is C16H20BrN3O6. The topological polar surface area (TPSA) is 113 Å². The second-order valence-corrected chi connectivity index (χ2v) is 7.72. The fourth-order valence-corrected chi connectivity index (χ4v) is 3.24. The maximum Gasteiger partial charge on any atom is 0.411 e. The third-order valence-corrected chi connectivity index (χ3v) is 4.41. The highest BCUT2D eigenvalue weighted by Crippen LogP contribution is 2.32. The summed E-state index contributed by atoms with van der Waals surface area (Å²) in [5, 5.41) is 20.4. The number of amides is 1. The largest absolute Gasteiger partial charge is 0.480 e. The number of non-ortho nitro benzene ring substituents is 1. The van der Waals surface area contributed by atoms with Crippen LogP contribution in [0.3, 0.4) is 0 Å². The fourth-order valence-electron chi connectivity index (χ4n) is 2.62. The zero-order chi connectivity index (χ0) is 19.6. The fraction of sp³-hybridized carbons (Fsp3) is 0.500. The zero-order valence-electron chi connectivity index (χ0n) is 14.6. The Hall–Kier alpha value is -2.36. The van der Waals surface area contributed by atoms with Crippen LogP contribution in [0.15, 0.2) is 22.7 Å². The van der Waals surface area contributed by atoms with Crippen LogP contribution in [-0.2, 0) is 9.53 Å². The van der Waals surface area contributed by atoms with E-state index in [9.17, 15) is 24.8 Å². The summed E-state index contributed by atoms with van der Waals surface area (Å²) in [7, 11) is 0. The van der Waals surface area contributed by atoms with Crippen LogP contribution in [0.1, 0.15) is 20.8 Å². The van der Waals surface area contributed by atoms with Crippen molar-refractivity contribution in [2.24, 2.45) is 0 Å². The maximum absolute atomic E-state index is 12.3. The van der Waals surface area contributed by atoms with Gasteiger partial charge in [-0.05, 0) is 42.8 Å². The normalized spacial score (nSPS) is 17.8. The molecule has 1 saturated heterocycles. The van der Waals surface area contributed by atoms with E-state index in [2.05, 4.69) is 15.9 Å². The molecule has 2 rings (SSSR count). The first-order valence-electron chi connectivity index (χ1n) is 7.91. The van der Waals surface area contributed by atoms with Crippen LogP contribution < -0.4 is 4.90 Å². The van der Waals surface area contributed by atoms with Crippen LogP contribution >= 0.6 is 15.9 Å². The first kappa shape index (κ1) is 20.0. The number of nitrogens with zero attached hydrogens (tertiary/aromatic N) is 3. The molecule has 0 bridgehead atoms. The van der Waals surface area contributed by atoms with Crippen LogP contribution in [0.4, 0.5) is 16.2 Å². The predicted molar refractivity (Wildman–Crippen MR) is 97.4 cm³/mol. The summed E-state index contributed by atoms with van der Waals surface area (Å²) in [6, 6.07) is 3.20. The lowest BCUT2D eigenvalue weighted by Crippen LogP contribution is -2.59. The van der Waals surface area contributed by atoms with Crippen molar-refractivity contribution in [2.75, 3.05) is 24.5 Å². The van der Waals surface area contributed by atoms with Gasteiger partial charge in [-0.3, -0.25) is 15.0 Å². The van der Waals surface area contributed by atoms with Crippen molar-refractivity contribution in [1.29, 1.82) is 0 Å². The minimum absolute atomic E-state index is 0.0466. The molecule has 0 radical (unpaired) electrons. The van der Waals surface area contributed by atoms with E-state index in [1.807, 2.05) is 0 Å². The van der Waals surface area contributed by atoms with Crippen LogP contribution in [0.5, 0.6) is 0 Å². The van der Waals surface area contributed by atoms with Gasteiger partial charge < -0.3 is 14.7 Å². The molecule has 1 aromatic carbocycles. The molecule has 1 unspecified atom stereocenters. The minimum Gasteiger partial charge on any atom is -0.480 e. The summed E-state index contributed by atoms with van der Waals surface area (Å²) in [5.74, 6) is -1.14. The van der Waals surface area contributed by atoms with E-state index in [0.29, 0.717) is 16.7 Å². The summed E-state index contributed by atoms with van der Waals surface area (Å²) in [5.41, 5.74) is -0.160. The Morgan fingerprint density at radius 3 is 2.50 bits per heavy atom. The summed E-state index contributed by atoms with van der Waals surface area (Å²) in [6.45, 7) is 5.72. The molecule has 26 heavy (non-hydrogen) atoms. The number of anilines is 1. The monoisotopic (exact) mass is 429 g/mol. The van der Waals surface area contributed by atoms with Gasteiger partial charge in [0, 0.05) is 36.2 Å². The summed E-state index contributed by atoms with van der Waals surface area (Å²) in [4.78, 5) is 37.3. The molecule has 0 spiro atoms. The number of carboxylic acid groups (broad SMARTS) is 1. The quantitative estimate of drug-likeness (QED) is 0.580. The van der Waals surface area contributed by atoms with Crippen LogP contribution in [-0.4, -0.2) is 58.3 Å². The van der Waals surface area contributed by atoms with Gasteiger partial charge in [0.15, 0.2) is 0 Å². The Morgan fingerprint density at radius 1 is 1.35 bits per heavy atom. The number of nitro groups is 1. The van der Waals surface area contributed by atoms with E-state index in [0.717, 1.165) is 0 Å². The molecule has 1 amide bonds. The molecule has 1 aliphatic rings. The van der Waals surface area contributed by atoms with E-state index in [1.54, 1.807) is 31.7 Å². The van der Waals surface area contributed by atoms with Crippen molar-refractivity contribution < 1.29 is 24.4 Å². The molecule has 1 aromatic rings. The number of hydrogen-bond acceptors (Lipinski definition) is 6. The molecule has 142 valence electrons. The Balaban J connectivity index is 2.21. The Morgan fingerprint density at radius 2 is 2.00 bits per heavy atom. The lowest BCUT2D eigenvalue weighted by molar-refractivity contribution is -0.384. The first-order chi connectivity index (χ1) is 12.0. The SMILES string of the molecule is CC(C)(C)OC(=O)N1CCN(c2ccc([N+](=O)[O-])cc2Br)CC1C(=O)O. The van der Waals surface area contributed by atoms with Gasteiger partial charge in [-0.2, -0.15) is 0 Å². The van der Waals surface area contributed by atoms with Gasteiger partial charge in [0.1, 0.15) is 11.6 Å². The average molecular weight is 430 g/mol. The van der Waals surface area contributed by atoms with Crippen molar-refractivity contribution >= 4 is 39.4 Å². The van der Waals surface area contributed by atoms with Gasteiger partial charge in [-0.1, -0.05) is 0 Å². The molecule has 1 heterocycles. The lowest BCUT2D eigenvalue weighted by atomic mass is 10.1. The second kappa shape index (κ2) is 7.48. The Bertz CT molecular complexity index is 733. The molecule has 0 aromatic heterocycles. The van der Waals surface area contributed by atoms with Gasteiger partial charge in [0.2, 0.25) is 0 Å². The van der Waals surface area contributed by atoms with Gasteiger partial charge in [-0.25, -0.2) is 9.59 Å². The molecule has 1 N–H and O–H groups in total. The van der Waals surface area contributed by atoms with Crippen molar-refractivity contribution in [3.8, 4) is 0 Å². The summed E-state index contributed by atoms with van der Waals surface area (Å²) >= 11 is 3.29. The molecule has 0 aliphatic carbocycles. The number of ether oxygens (including phenoxy) is 1. The second-order valence-electron chi connectivity index (χ2n) is 6.87. The van der Waals surface area contributed by atoms with Crippen molar-refractivity contribution in [2.45, 2.75) is 32.4 Å². The first-order valence-corrected chi connectivity index (χ1v) is 8.70. The van der Waals surface area contributed by atoms with Crippen LogP contribution in [0.2, 0.25) is 0 Å². The van der Waals surface area contributed by atoms with E-state index >= 15 is 0 Å². The van der Waals surface area contributed by atoms with Gasteiger partial charge >= 0.3 is 12.1 Å². The molecular weight excluding hydrogens is 410 g/mol. The number of nitro benzene ring substituents is 1. The van der Waals surface area contributed by atoms with E-state index in [4.69, 9.17) is 4.74 Å². The zero-order valence-corrected chi connectivity index (χ0v) is 16.2. The number of carbonyl (C=O) groups is 2. The highest BCUT2D eigenvalue weighted by Gasteiger charge is 2.38. The van der Waals surface area contributed by atoms with Crippen LogP contribution in [0, 0.1) is 10.1 Å². The average Bonchev–Trinajstić information content (AvgIpc) is 2.52. The smallest absolute Gasteiger partial charge is 0.411 e. The van der Waals surface area contributed by atoms with Crippen molar-refractivity contribution in [3.05, 3.63) is 32.8 Å². The lowest BCUT2D eigenvalue weighted by Gasteiger charge is -2.40. The predicted octanol–water partition coefficient (Wildman–Crippen LogP) is 2.87. The van der Waals surface area contributed by atoms with Crippen molar-refractivity contribution in [1.82, 2.24) is 4.90 Å². The number of aliphatic carboxylic acids is 1. The summed E-state index contributed by atoms with van der Waals surface area (Å²) in [6.07, 6.45) is -0.674. The molecule has 0 saturated carbocycles. The number of carbonyl (C=O) groups excluding carboxylic acids is 1. The Labute approximate surface area is 158 Å². The number of hydrogen-bond donors (Lipinski definition) is 1. The maximum atomic E-state index is 12.3. The number of benzene rings is 1. The Kier molecular flexibility index (Phi) is 5.74. The third kappa shape index (κ3) is 4.63. The van der Waals surface area contributed by atoms with E-state index < -0.39 is 28.6 Å². The molecule has 1 atom stereocenters. The molecule has 10 heteroatoms. The van der Waals surface area contributed by atoms with Gasteiger partial charge in [0.25, 0.3) is 5.69 Å². The van der Waals surface area contributed by atoms with E-state index in [-0.39, 0.29) is 18.8 Å². The van der Waals surface area contributed by atoms with Crippen molar-refractivity contribution in [3.63, 3.8) is 0 Å². The number of piperazine rings is 1. The number of rotatable bonds is 3. The summed E-state index contributed by atoms with van der Waals surface area (Å²) < 4.78 is 5.77. The molecule has 1 fully saturated rings. The number of halogens is 1. The van der Waals surface area contributed by atoms with Gasteiger partial charge in [-0.15, -0.1) is 0 Å². The highest BCUT2D eigenvalue weighted by molar-refractivity contribution is 9.10. The molecule has 9 nitrogen and oxygen atoms in total. The van der Waals surface area contributed by atoms with Gasteiger partial charge in [0.05, 0.1) is 10.6 Å². The number of carboxylic acids is 1. The van der Waals surface area contributed by atoms with E-state index in [1.165, 1.54) is 17.0 Å². The standard InChI is InChI=1S/C16H20BrN3O6/c1-16(2,3)26-15(23)19-7-6-18(9-13(19)14(21)22)12-5-4-10(20(24)25)8-11(12)17/h4-5,8,13H,6-7,9H2,1-3H3,(H,21,22). The molecule has 1 aliphatic heterocycles. The minimum atomic E-state index is -1.14.